The lowest BCUT2D eigenvalue weighted by atomic mass is 10.0. The Morgan fingerprint density at radius 2 is 1.82 bits per heavy atom. The van der Waals surface area contributed by atoms with Crippen molar-refractivity contribution in [1.82, 2.24) is 5.32 Å². The lowest BCUT2D eigenvalue weighted by Crippen LogP contribution is -2.46. The molecule has 39 heavy (non-hydrogen) atoms. The van der Waals surface area contributed by atoms with Crippen LogP contribution in [0, 0.1) is 6.92 Å². The minimum Gasteiger partial charge on any atom is -0.480 e. The van der Waals surface area contributed by atoms with E-state index in [4.69, 9.17) is 33.0 Å². The average molecular weight is 614 g/mol. The molecule has 0 spiro atoms. The summed E-state index contributed by atoms with van der Waals surface area (Å²) in [7, 11) is -3.93. The first-order chi connectivity index (χ1) is 18.5. The summed E-state index contributed by atoms with van der Waals surface area (Å²) in [6, 6.07) is 11.4. The molecule has 9 nitrogen and oxygen atoms in total. The summed E-state index contributed by atoms with van der Waals surface area (Å²) in [5.41, 5.74) is 1.85. The maximum absolute atomic E-state index is 13.9. The molecule has 1 aromatic heterocycles. The first-order valence-corrected chi connectivity index (χ1v) is 15.1. The van der Waals surface area contributed by atoms with E-state index in [-0.39, 0.29) is 32.5 Å². The van der Waals surface area contributed by atoms with Gasteiger partial charge in [0.1, 0.15) is 5.75 Å². The quantitative estimate of drug-likeness (QED) is 0.281. The number of carboxylic acid groups (broad SMARTS) is 2. The van der Waals surface area contributed by atoms with Gasteiger partial charge in [-0.05, 0) is 62.2 Å². The van der Waals surface area contributed by atoms with Crippen molar-refractivity contribution in [3.8, 4) is 16.2 Å². The zero-order valence-electron chi connectivity index (χ0n) is 20.8. The number of thiophene rings is 1. The Morgan fingerprint density at radius 1 is 1.13 bits per heavy atom. The summed E-state index contributed by atoms with van der Waals surface area (Å²) in [6.07, 6.45) is 1.20. The molecule has 1 fully saturated rings. The topological polar surface area (TPSA) is 133 Å². The Balaban J connectivity index is 1.78. The summed E-state index contributed by atoms with van der Waals surface area (Å²) >= 11 is 13.4. The molecule has 0 radical (unpaired) electrons. The highest BCUT2D eigenvalue weighted by Crippen LogP contribution is 2.43. The van der Waals surface area contributed by atoms with Crippen molar-refractivity contribution < 1.29 is 33.0 Å². The van der Waals surface area contributed by atoms with Crippen molar-refractivity contribution in [2.75, 3.05) is 24.0 Å². The van der Waals surface area contributed by atoms with Crippen LogP contribution < -0.4 is 14.4 Å². The van der Waals surface area contributed by atoms with Crippen LogP contribution in [-0.4, -0.2) is 56.3 Å². The number of anilines is 1. The molecule has 1 aliphatic heterocycles. The monoisotopic (exact) mass is 612 g/mol. The van der Waals surface area contributed by atoms with Gasteiger partial charge >= 0.3 is 11.9 Å². The number of hydrogen-bond donors (Lipinski definition) is 3. The molecule has 3 aromatic rings. The van der Waals surface area contributed by atoms with Gasteiger partial charge in [-0.2, -0.15) is 0 Å². The number of carboxylic acids is 2. The fraction of sp³-hybridized carbons (Fsp3) is 0.308. The predicted octanol–water partition coefficient (Wildman–Crippen LogP) is 5.28. The van der Waals surface area contributed by atoms with Crippen molar-refractivity contribution in [1.29, 1.82) is 0 Å². The second kappa shape index (κ2) is 12.1. The molecule has 3 N–H and O–H groups in total. The number of hydrogen-bond acceptors (Lipinski definition) is 7. The lowest BCUT2D eigenvalue weighted by molar-refractivity contribution is -0.139. The van der Waals surface area contributed by atoms with Gasteiger partial charge in [0.15, 0.2) is 11.5 Å². The number of aromatic carboxylic acids is 1. The van der Waals surface area contributed by atoms with E-state index in [0.717, 1.165) is 11.3 Å². The number of sulfonamides is 1. The van der Waals surface area contributed by atoms with Gasteiger partial charge in [-0.3, -0.25) is 4.31 Å². The third-order valence-corrected chi connectivity index (χ3v) is 10.3. The molecule has 0 bridgehead atoms. The van der Waals surface area contributed by atoms with Gasteiger partial charge in [0, 0.05) is 16.5 Å². The third-order valence-electron chi connectivity index (χ3n) is 6.30. The van der Waals surface area contributed by atoms with Crippen molar-refractivity contribution in [2.45, 2.75) is 31.6 Å². The molecule has 1 saturated heterocycles. The maximum atomic E-state index is 13.9. The number of halogens is 2. The summed E-state index contributed by atoms with van der Waals surface area (Å²) in [4.78, 5) is 23.3. The second-order valence-electron chi connectivity index (χ2n) is 9.00. The molecular formula is C26H26Cl2N2O7S2. The van der Waals surface area contributed by atoms with E-state index in [1.165, 1.54) is 4.31 Å². The van der Waals surface area contributed by atoms with Crippen molar-refractivity contribution in [3.05, 3.63) is 68.5 Å². The summed E-state index contributed by atoms with van der Waals surface area (Å²) in [5.74, 6) is -2.85. The highest BCUT2D eigenvalue weighted by molar-refractivity contribution is 7.92. The van der Waals surface area contributed by atoms with Gasteiger partial charge in [0.2, 0.25) is 10.0 Å². The molecule has 0 amide bonds. The first kappa shape index (κ1) is 29.2. The summed E-state index contributed by atoms with van der Waals surface area (Å²) in [6.45, 7) is 2.27. The van der Waals surface area contributed by atoms with Crippen LogP contribution in [0.25, 0.3) is 10.4 Å². The van der Waals surface area contributed by atoms with Crippen molar-refractivity contribution >= 4 is 62.2 Å². The standard InChI is InChI=1S/C26H26Cl2N2O7S2/c1-15-23(37-13-21(31)32)25(26(33)34)38-24(15)16-4-2-6-19(12-16)30(18-8-10-29-11-9-18)39(35,36)14-17-5-3-7-20(27)22(17)28/h2-7,12,18,29H,8-11,13-14H2,1H3,(H,31,32)(H,33,34). The van der Waals surface area contributed by atoms with Gasteiger partial charge in [-0.1, -0.05) is 47.5 Å². The van der Waals surface area contributed by atoms with Crippen LogP contribution in [0.4, 0.5) is 5.69 Å². The van der Waals surface area contributed by atoms with Gasteiger partial charge in [-0.15, -0.1) is 11.3 Å². The molecule has 13 heteroatoms. The van der Waals surface area contributed by atoms with E-state index in [2.05, 4.69) is 5.32 Å². The van der Waals surface area contributed by atoms with Crippen molar-refractivity contribution in [3.63, 3.8) is 0 Å². The molecule has 4 rings (SSSR count). The summed E-state index contributed by atoms with van der Waals surface area (Å²) < 4.78 is 34.6. The number of aliphatic carboxylic acids is 1. The van der Waals surface area contributed by atoms with Crippen LogP contribution in [0.3, 0.4) is 0 Å². The smallest absolute Gasteiger partial charge is 0.349 e. The van der Waals surface area contributed by atoms with Gasteiger partial charge in [-0.25, -0.2) is 18.0 Å². The molecule has 2 heterocycles. The zero-order chi connectivity index (χ0) is 28.3. The fourth-order valence-corrected chi connectivity index (χ4v) is 8.00. The van der Waals surface area contributed by atoms with Crippen LogP contribution in [-0.2, 0) is 20.6 Å². The Kier molecular flexibility index (Phi) is 9.07. The highest BCUT2D eigenvalue weighted by atomic mass is 35.5. The summed E-state index contributed by atoms with van der Waals surface area (Å²) in [5, 5.41) is 22.4. The SMILES string of the molecule is Cc1c(-c2cccc(N(C3CCNCC3)S(=O)(=O)Cc3cccc(Cl)c3Cl)c2)sc(C(=O)O)c1OCC(=O)O. The van der Waals surface area contributed by atoms with E-state index in [0.29, 0.717) is 53.2 Å². The number of benzene rings is 2. The third kappa shape index (κ3) is 6.50. The molecule has 0 saturated carbocycles. The van der Waals surface area contributed by atoms with E-state index in [1.807, 2.05) is 0 Å². The Bertz CT molecular complexity index is 1500. The minimum atomic E-state index is -3.93. The van der Waals surface area contributed by atoms with E-state index in [1.54, 1.807) is 49.4 Å². The van der Waals surface area contributed by atoms with Gasteiger partial charge in [0.05, 0.1) is 21.5 Å². The maximum Gasteiger partial charge on any atom is 0.349 e. The fourth-order valence-electron chi connectivity index (χ4n) is 4.57. The van der Waals surface area contributed by atoms with Crippen LogP contribution in [0.5, 0.6) is 5.75 Å². The Labute approximate surface area is 240 Å². The number of nitrogens with zero attached hydrogens (tertiary/aromatic N) is 1. The molecule has 208 valence electrons. The van der Waals surface area contributed by atoms with E-state index >= 15 is 0 Å². The number of nitrogens with one attached hydrogen (secondary N) is 1. The van der Waals surface area contributed by atoms with Gasteiger partial charge < -0.3 is 20.3 Å². The minimum absolute atomic E-state index is 0.0197. The average Bonchev–Trinajstić information content (AvgIpc) is 3.22. The largest absolute Gasteiger partial charge is 0.480 e. The number of rotatable bonds is 10. The number of piperidine rings is 1. The molecule has 0 unspecified atom stereocenters. The van der Waals surface area contributed by atoms with E-state index < -0.39 is 28.6 Å². The van der Waals surface area contributed by atoms with Gasteiger partial charge in [0.25, 0.3) is 0 Å². The molecule has 1 aliphatic rings. The second-order valence-corrected chi connectivity index (χ2v) is 12.7. The van der Waals surface area contributed by atoms with Crippen LogP contribution >= 0.6 is 34.5 Å². The molecule has 0 aliphatic carbocycles. The normalized spacial score (nSPS) is 14.2. The van der Waals surface area contributed by atoms with E-state index in [9.17, 15) is 23.1 Å². The number of carbonyl (C=O) groups is 2. The molecule has 0 atom stereocenters. The van der Waals surface area contributed by atoms with Crippen molar-refractivity contribution in [2.24, 2.45) is 0 Å². The highest BCUT2D eigenvalue weighted by Gasteiger charge is 2.33. The Hall–Kier alpha value is -2.83. The lowest BCUT2D eigenvalue weighted by Gasteiger charge is -2.35. The first-order valence-electron chi connectivity index (χ1n) is 12.0. The molecule has 2 aromatic carbocycles. The Morgan fingerprint density at radius 3 is 2.49 bits per heavy atom. The van der Waals surface area contributed by atoms with Crippen LogP contribution in [0.15, 0.2) is 42.5 Å². The zero-order valence-corrected chi connectivity index (χ0v) is 24.0. The number of ether oxygens (including phenoxy) is 1. The molecular weight excluding hydrogens is 587 g/mol. The van der Waals surface area contributed by atoms with Crippen LogP contribution in [0.1, 0.15) is 33.6 Å². The predicted molar refractivity (Wildman–Crippen MR) is 152 cm³/mol. The van der Waals surface area contributed by atoms with Crippen LogP contribution in [0.2, 0.25) is 10.0 Å².